The Morgan fingerprint density at radius 1 is 1.20 bits per heavy atom. The maximum atomic E-state index is 12.4. The lowest BCUT2D eigenvalue weighted by Gasteiger charge is -2.38. The summed E-state index contributed by atoms with van der Waals surface area (Å²) in [4.78, 5) is 34.3. The average molecular weight is 427 g/mol. The molecule has 0 saturated carbocycles. The van der Waals surface area contributed by atoms with Crippen LogP contribution in [-0.4, -0.2) is 50.4 Å². The minimum atomic E-state index is -0.571. The molecule has 4 rings (SSSR count). The first-order valence-corrected chi connectivity index (χ1v) is 10.4. The summed E-state index contributed by atoms with van der Waals surface area (Å²) in [5.74, 6) is 1.50. The topological polar surface area (TPSA) is 113 Å². The van der Waals surface area contributed by atoms with Gasteiger partial charge >= 0.3 is 5.69 Å². The number of hydrogen-bond acceptors (Lipinski definition) is 9. The van der Waals surface area contributed by atoms with Crippen LogP contribution in [0.2, 0.25) is 0 Å². The van der Waals surface area contributed by atoms with Crippen molar-refractivity contribution in [1.82, 2.24) is 24.2 Å². The van der Waals surface area contributed by atoms with Gasteiger partial charge in [0.15, 0.2) is 5.56 Å². The van der Waals surface area contributed by atoms with Crippen LogP contribution in [0.5, 0.6) is 0 Å². The predicted octanol–water partition coefficient (Wildman–Crippen LogP) is 0.950. The standard InChI is InChI=1S/C19H21N7O3S/c1-12(16-21-15(22-29-16)14-5-4-10-30-14)25-6-8-26(9-7-25)17-13(11-20)18(27)24(3)19(28)23(17)2/h4-5,10,12H,6-9H2,1-3H3. The molecule has 0 bridgehead atoms. The minimum absolute atomic E-state index is 0.0152. The molecule has 0 spiro atoms. The Morgan fingerprint density at radius 2 is 1.93 bits per heavy atom. The Morgan fingerprint density at radius 3 is 2.57 bits per heavy atom. The summed E-state index contributed by atoms with van der Waals surface area (Å²) >= 11 is 1.56. The Kier molecular flexibility index (Phi) is 5.27. The van der Waals surface area contributed by atoms with Crippen LogP contribution in [0.25, 0.3) is 10.7 Å². The smallest absolute Gasteiger partial charge is 0.332 e. The summed E-state index contributed by atoms with van der Waals surface area (Å²) in [5.41, 5.74) is -1.03. The lowest BCUT2D eigenvalue weighted by Crippen LogP contribution is -2.50. The second-order valence-electron chi connectivity index (χ2n) is 7.15. The fourth-order valence-electron chi connectivity index (χ4n) is 3.69. The molecule has 156 valence electrons. The average Bonchev–Trinajstić information content (AvgIpc) is 3.46. The zero-order valence-electron chi connectivity index (χ0n) is 16.9. The van der Waals surface area contributed by atoms with E-state index in [-0.39, 0.29) is 11.6 Å². The molecule has 11 heteroatoms. The Labute approximate surface area is 176 Å². The number of rotatable bonds is 4. The summed E-state index contributed by atoms with van der Waals surface area (Å²) in [7, 11) is 2.96. The van der Waals surface area contributed by atoms with E-state index in [0.29, 0.717) is 43.7 Å². The number of thiophene rings is 1. The summed E-state index contributed by atoms with van der Waals surface area (Å²) < 4.78 is 7.80. The van der Waals surface area contributed by atoms with Gasteiger partial charge in [0.25, 0.3) is 5.56 Å². The molecule has 0 N–H and O–H groups in total. The molecule has 1 atom stereocenters. The quantitative estimate of drug-likeness (QED) is 0.605. The second-order valence-corrected chi connectivity index (χ2v) is 8.10. The molecule has 1 unspecified atom stereocenters. The van der Waals surface area contributed by atoms with E-state index in [4.69, 9.17) is 4.52 Å². The number of piperazine rings is 1. The minimum Gasteiger partial charge on any atom is -0.354 e. The monoisotopic (exact) mass is 427 g/mol. The highest BCUT2D eigenvalue weighted by molar-refractivity contribution is 7.13. The maximum Gasteiger partial charge on any atom is 0.332 e. The van der Waals surface area contributed by atoms with Gasteiger partial charge in [0.2, 0.25) is 11.7 Å². The molecule has 10 nitrogen and oxygen atoms in total. The van der Waals surface area contributed by atoms with Crippen LogP contribution in [0.4, 0.5) is 5.82 Å². The number of aromatic nitrogens is 4. The van der Waals surface area contributed by atoms with Crippen molar-refractivity contribution in [3.63, 3.8) is 0 Å². The highest BCUT2D eigenvalue weighted by Gasteiger charge is 2.29. The molecule has 0 aromatic carbocycles. The van der Waals surface area contributed by atoms with Gasteiger partial charge in [0.1, 0.15) is 11.9 Å². The van der Waals surface area contributed by atoms with Crippen molar-refractivity contribution in [3.05, 3.63) is 49.8 Å². The fourth-order valence-corrected chi connectivity index (χ4v) is 4.34. The molecule has 3 aromatic heterocycles. The van der Waals surface area contributed by atoms with E-state index >= 15 is 0 Å². The molecule has 1 aliphatic rings. The number of hydrogen-bond donors (Lipinski definition) is 0. The van der Waals surface area contributed by atoms with E-state index < -0.39 is 11.2 Å². The first-order chi connectivity index (χ1) is 14.4. The molecule has 0 amide bonds. The van der Waals surface area contributed by atoms with E-state index in [2.05, 4.69) is 15.0 Å². The molecule has 1 aliphatic heterocycles. The fraction of sp³-hybridized carbons (Fsp3) is 0.421. The molecule has 0 aliphatic carbocycles. The van der Waals surface area contributed by atoms with Gasteiger partial charge in [0, 0.05) is 40.3 Å². The SMILES string of the molecule is CC(c1nc(-c2cccs2)no1)N1CCN(c2c(C#N)c(=O)n(C)c(=O)n2C)CC1. The molecule has 0 radical (unpaired) electrons. The predicted molar refractivity (Wildman–Crippen MR) is 111 cm³/mol. The first-order valence-electron chi connectivity index (χ1n) is 9.49. The van der Waals surface area contributed by atoms with Gasteiger partial charge in [0.05, 0.1) is 10.9 Å². The third kappa shape index (κ3) is 3.34. The van der Waals surface area contributed by atoms with Crippen LogP contribution in [0.15, 0.2) is 31.6 Å². The van der Waals surface area contributed by atoms with Crippen molar-refractivity contribution in [2.24, 2.45) is 14.1 Å². The molecule has 1 saturated heterocycles. The summed E-state index contributed by atoms with van der Waals surface area (Å²) in [6.45, 7) is 4.45. The van der Waals surface area contributed by atoms with Crippen molar-refractivity contribution < 1.29 is 4.52 Å². The Bertz CT molecular complexity index is 1210. The Hall–Kier alpha value is -3.23. The zero-order valence-corrected chi connectivity index (χ0v) is 17.7. The highest BCUT2D eigenvalue weighted by atomic mass is 32.1. The number of nitrogens with zero attached hydrogens (tertiary/aromatic N) is 7. The molecule has 30 heavy (non-hydrogen) atoms. The van der Waals surface area contributed by atoms with Crippen molar-refractivity contribution in [3.8, 4) is 16.8 Å². The van der Waals surface area contributed by atoms with Crippen LogP contribution in [-0.2, 0) is 14.1 Å². The van der Waals surface area contributed by atoms with Gasteiger partial charge in [-0.25, -0.2) is 4.79 Å². The normalized spacial score (nSPS) is 15.9. The van der Waals surface area contributed by atoms with Crippen LogP contribution in [0.1, 0.15) is 24.4 Å². The van der Waals surface area contributed by atoms with Crippen molar-refractivity contribution in [1.29, 1.82) is 5.26 Å². The molecular weight excluding hydrogens is 406 g/mol. The van der Waals surface area contributed by atoms with E-state index in [9.17, 15) is 14.9 Å². The molecule has 4 heterocycles. The lowest BCUT2D eigenvalue weighted by atomic mass is 10.2. The van der Waals surface area contributed by atoms with E-state index in [1.54, 1.807) is 18.4 Å². The highest BCUT2D eigenvalue weighted by Crippen LogP contribution is 2.26. The third-order valence-electron chi connectivity index (χ3n) is 5.45. The van der Waals surface area contributed by atoms with Gasteiger partial charge < -0.3 is 9.42 Å². The van der Waals surface area contributed by atoms with Crippen molar-refractivity contribution in [2.75, 3.05) is 31.1 Å². The van der Waals surface area contributed by atoms with E-state index in [0.717, 1.165) is 9.44 Å². The largest absolute Gasteiger partial charge is 0.354 e. The first kappa shape index (κ1) is 20.1. The van der Waals surface area contributed by atoms with Crippen molar-refractivity contribution >= 4 is 17.2 Å². The summed E-state index contributed by atoms with van der Waals surface area (Å²) in [6, 6.07) is 5.78. The van der Waals surface area contributed by atoms with E-state index in [1.165, 1.54) is 11.6 Å². The van der Waals surface area contributed by atoms with Crippen molar-refractivity contribution in [2.45, 2.75) is 13.0 Å². The summed E-state index contributed by atoms with van der Waals surface area (Å²) in [6.07, 6.45) is 0. The van der Waals surface area contributed by atoms with Gasteiger partial charge in [-0.1, -0.05) is 11.2 Å². The molecule has 1 fully saturated rings. The Balaban J connectivity index is 1.52. The second kappa shape index (κ2) is 7.89. The van der Waals surface area contributed by atoms with Crippen LogP contribution in [0.3, 0.4) is 0 Å². The number of nitriles is 1. The third-order valence-corrected chi connectivity index (χ3v) is 6.31. The van der Waals surface area contributed by atoms with Gasteiger partial charge in [-0.3, -0.25) is 18.8 Å². The van der Waals surface area contributed by atoms with E-state index in [1.807, 2.05) is 35.4 Å². The summed E-state index contributed by atoms with van der Waals surface area (Å²) in [5, 5.41) is 15.5. The van der Waals surface area contributed by atoms with Crippen LogP contribution < -0.4 is 16.1 Å². The zero-order chi connectivity index (χ0) is 21.4. The van der Waals surface area contributed by atoms with Gasteiger partial charge in [-0.2, -0.15) is 10.2 Å². The van der Waals surface area contributed by atoms with Crippen LogP contribution >= 0.6 is 11.3 Å². The van der Waals surface area contributed by atoms with Gasteiger partial charge in [-0.05, 0) is 18.4 Å². The molecular formula is C19H21N7O3S. The van der Waals surface area contributed by atoms with Gasteiger partial charge in [-0.15, -0.1) is 11.3 Å². The van der Waals surface area contributed by atoms with Crippen LogP contribution in [0, 0.1) is 11.3 Å². The lowest BCUT2D eigenvalue weighted by molar-refractivity contribution is 0.163. The number of anilines is 1. The molecule has 3 aromatic rings. The maximum absolute atomic E-state index is 12.4.